The number of hydrogen-bond donors (Lipinski definition) is 3. The molecule has 0 aliphatic heterocycles. The first kappa shape index (κ1) is 101. The maximum Gasteiger partial charge on any atom is 1.00 e. The molecule has 0 atom stereocenters. The van der Waals surface area contributed by atoms with E-state index in [1.54, 1.807) is 35.9 Å². The number of carboxylic acid groups (broad SMARTS) is 1. The number of likely N-dealkylation sites (N-methyl/N-ethyl adjacent to an activating group) is 4. The Morgan fingerprint density at radius 2 is 0.979 bits per heavy atom. The summed E-state index contributed by atoms with van der Waals surface area (Å²) in [7, 11) is 19.2. The summed E-state index contributed by atoms with van der Waals surface area (Å²) in [5, 5.41) is 41.2. The molecule has 532 valence electrons. The number of ether oxygens (including phenoxy) is 3. The van der Waals surface area contributed by atoms with E-state index in [1.165, 1.54) is 23.1 Å². The van der Waals surface area contributed by atoms with Crippen molar-refractivity contribution in [2.24, 2.45) is 10.2 Å². The van der Waals surface area contributed by atoms with Gasteiger partial charge < -0.3 is 74.4 Å². The fourth-order valence-electron chi connectivity index (χ4n) is 5.73. The molecule has 0 fully saturated rings. The summed E-state index contributed by atoms with van der Waals surface area (Å²) >= 11 is 8.35. The number of amides is 3. The number of carboxylic acids is 1. The summed E-state index contributed by atoms with van der Waals surface area (Å²) in [4.78, 5) is 87.8. The van der Waals surface area contributed by atoms with Gasteiger partial charge in [-0.3, -0.25) is 24.1 Å². The van der Waals surface area contributed by atoms with E-state index in [0.29, 0.717) is 77.2 Å². The van der Waals surface area contributed by atoms with E-state index in [9.17, 15) is 38.7 Å². The van der Waals surface area contributed by atoms with Gasteiger partial charge in [0, 0.05) is 35.3 Å². The van der Waals surface area contributed by atoms with Crippen LogP contribution in [0.4, 0.5) is 0 Å². The number of terminal acetylenes is 1. The minimum atomic E-state index is -1.08. The molecular weight excluding hydrogens is 1330 g/mol. The number of halogens is 2. The number of quaternary nitrogens is 3. The average Bonchev–Trinajstić information content (AvgIpc) is 1.90. The van der Waals surface area contributed by atoms with Crippen molar-refractivity contribution in [2.45, 2.75) is 105 Å². The maximum atomic E-state index is 11.9. The second-order valence-corrected chi connectivity index (χ2v) is 25.9. The minimum absolute atomic E-state index is 0. The van der Waals surface area contributed by atoms with Crippen LogP contribution >= 0.6 is 27.5 Å². The van der Waals surface area contributed by atoms with Gasteiger partial charge >= 0.3 is 47.5 Å². The minimum Gasteiger partial charge on any atom is -0.544 e. The van der Waals surface area contributed by atoms with Crippen molar-refractivity contribution in [2.75, 3.05) is 154 Å². The topological polar surface area (TPSA) is 430 Å². The molecule has 0 aliphatic rings. The Labute approximate surface area is 597 Å². The molecule has 2 rings (SSSR count). The van der Waals surface area contributed by atoms with Crippen LogP contribution in [0.3, 0.4) is 0 Å². The Hall–Kier alpha value is -7.15. The number of carbonyl (C=O) groups is 7. The summed E-state index contributed by atoms with van der Waals surface area (Å²) in [5.74, 6) is 0.464. The zero-order chi connectivity index (χ0) is 74.4. The van der Waals surface area contributed by atoms with Crippen LogP contribution in [0.15, 0.2) is 60.6 Å². The number of alkyl halides is 2. The van der Waals surface area contributed by atoms with Crippen molar-refractivity contribution in [3.05, 3.63) is 98.6 Å². The molecule has 37 heteroatoms. The van der Waals surface area contributed by atoms with Gasteiger partial charge in [0.15, 0.2) is 13.1 Å². The number of aromatic nitrogens is 6. The monoisotopic (exact) mass is 1440 g/mol. The number of rotatable bonds is 29. The van der Waals surface area contributed by atoms with E-state index in [-0.39, 0.29) is 109 Å². The van der Waals surface area contributed by atoms with E-state index in [1.807, 2.05) is 128 Å². The Morgan fingerprint density at radius 1 is 0.642 bits per heavy atom. The van der Waals surface area contributed by atoms with Crippen molar-refractivity contribution in [3.8, 4) is 12.3 Å². The molecule has 2 aromatic rings. The maximum absolute atomic E-state index is 11.9. The van der Waals surface area contributed by atoms with Crippen LogP contribution in [-0.4, -0.2) is 265 Å². The first-order valence-electron chi connectivity index (χ1n) is 28.9. The standard InChI is InChI=1S/C16H27N5O3.C12H19N5O3.C10H21N4O2.C6H11BrO2.C6H7NO.C4H10ClN.C4H10N4.N3.Na/c1-7-14(22)17-10-13-11-20(19-18-13)8-9-21(5,6)12-15(23)24-16(2,3)4;1-4-11(18)13-7-10-8-16(15-14-10)5-6-17(2,3)9-12(19)20;1-10(2,3)16-9(15)8-14(4,5)7-6-12-13-11;1-6(2,3)9-5(8)4-7;1-3-5-7-6(8)4-2;1-6(2)4-3-5;1-8(2)4-3-6-7-5;1-3-2;/h7,11H,1,8-10,12H2,2-6H3;4,8H,1,5-7,9H2,2-3H3,(H-,13,18,19,20);6-8H2,1-5H3;4H2,1-3H3;1,4H,2,5H2,(H,7,8);3-4H2,1-2H3;3-4H2,1-2H3;;/q;;+1;;;;;-1;+1/p+1. The molecule has 0 spiro atoms. The number of azide groups is 2. The Kier molecular flexibility index (Phi) is 61.0. The third-order valence-electron chi connectivity index (χ3n) is 10.0. The van der Waals surface area contributed by atoms with Gasteiger partial charge in [0.1, 0.15) is 40.1 Å². The van der Waals surface area contributed by atoms with Crippen molar-refractivity contribution in [1.82, 2.24) is 55.7 Å². The molecule has 0 aromatic carbocycles. The van der Waals surface area contributed by atoms with Gasteiger partial charge in [-0.05, 0) is 120 Å². The van der Waals surface area contributed by atoms with Crippen molar-refractivity contribution in [1.29, 1.82) is 0 Å². The van der Waals surface area contributed by atoms with E-state index in [2.05, 4.69) is 98.2 Å². The first-order chi connectivity index (χ1) is 43.2. The zero-order valence-electron chi connectivity index (χ0n) is 59.8. The van der Waals surface area contributed by atoms with Crippen LogP contribution in [0.2, 0.25) is 0 Å². The van der Waals surface area contributed by atoms with Gasteiger partial charge in [0.05, 0.1) is 120 Å². The van der Waals surface area contributed by atoms with Crippen molar-refractivity contribution < 1.29 is 95.9 Å². The molecule has 34 nitrogen and oxygen atoms in total. The summed E-state index contributed by atoms with van der Waals surface area (Å²) < 4.78 is 20.0. The van der Waals surface area contributed by atoms with Gasteiger partial charge in [-0.15, -0.1) is 28.2 Å². The van der Waals surface area contributed by atoms with Crippen LogP contribution in [-0.2, 0) is 74.0 Å². The molecule has 2 heterocycles. The van der Waals surface area contributed by atoms with E-state index in [4.69, 9.17) is 54.4 Å². The van der Waals surface area contributed by atoms with Gasteiger partial charge in [-0.1, -0.05) is 62.2 Å². The second kappa shape index (κ2) is 57.1. The largest absolute Gasteiger partial charge is 1.00 e. The number of esters is 3. The average molecular weight is 1440 g/mol. The summed E-state index contributed by atoms with van der Waals surface area (Å²) in [5.41, 5.74) is 29.5. The number of carbonyl (C=O) groups excluding carboxylic acids is 7. The normalized spacial score (nSPS) is 10.4. The molecule has 3 amide bonds. The Morgan fingerprint density at radius 3 is 1.26 bits per heavy atom. The molecule has 0 saturated heterocycles. The summed E-state index contributed by atoms with van der Waals surface area (Å²) in [6.07, 6.45) is 11.9. The molecular formula is C58H106BrClN23NaO11+2. The van der Waals surface area contributed by atoms with E-state index in [0.717, 1.165) is 19.0 Å². The summed E-state index contributed by atoms with van der Waals surface area (Å²) in [6.45, 7) is 33.7. The molecule has 0 saturated carbocycles. The van der Waals surface area contributed by atoms with Crippen LogP contribution < -0.4 is 50.6 Å². The molecule has 0 unspecified atom stereocenters. The second-order valence-electron chi connectivity index (χ2n) is 24.9. The third kappa shape index (κ3) is 79.2. The van der Waals surface area contributed by atoms with Crippen LogP contribution in [0.1, 0.15) is 73.7 Å². The molecule has 0 aliphatic carbocycles. The van der Waals surface area contributed by atoms with Crippen LogP contribution in [0.5, 0.6) is 0 Å². The number of hydrogen-bond acceptors (Lipinski definition) is 19. The fraction of sp³-hybridized carbons (Fsp3) is 0.672. The van der Waals surface area contributed by atoms with Gasteiger partial charge in [0.2, 0.25) is 17.7 Å². The quantitative estimate of drug-likeness (QED) is 0.00986. The van der Waals surface area contributed by atoms with E-state index >= 15 is 0 Å². The van der Waals surface area contributed by atoms with Gasteiger partial charge in [-0.2, -0.15) is 0 Å². The Bertz CT molecular complexity index is 2730. The molecule has 3 N–H and O–H groups in total. The molecule has 0 bridgehead atoms. The predicted molar refractivity (Wildman–Crippen MR) is 364 cm³/mol. The fourth-order valence-corrected chi connectivity index (χ4v) is 6.19. The number of nitrogens with zero attached hydrogens (tertiary/aromatic N) is 20. The van der Waals surface area contributed by atoms with Gasteiger partial charge in [-0.25, -0.2) is 19.0 Å². The van der Waals surface area contributed by atoms with Crippen LogP contribution in [0, 0.1) is 12.3 Å². The zero-order valence-corrected chi connectivity index (χ0v) is 64.1. The van der Waals surface area contributed by atoms with Gasteiger partial charge in [0.25, 0.3) is 0 Å². The number of aliphatic carboxylic acids is 1. The third-order valence-corrected chi connectivity index (χ3v) is 10.6. The van der Waals surface area contributed by atoms with Crippen molar-refractivity contribution in [3.63, 3.8) is 0 Å². The smallest absolute Gasteiger partial charge is 0.544 e. The number of nitrogens with one attached hydrogen (secondary N) is 3. The van der Waals surface area contributed by atoms with Crippen molar-refractivity contribution >= 4 is 69.1 Å². The van der Waals surface area contributed by atoms with Crippen LogP contribution in [0.25, 0.3) is 36.9 Å². The summed E-state index contributed by atoms with van der Waals surface area (Å²) in [6, 6.07) is 0. The molecule has 0 radical (unpaired) electrons. The molecule has 2 aromatic heterocycles. The molecule has 95 heavy (non-hydrogen) atoms. The predicted octanol–water partition coefficient (Wildman–Crippen LogP) is 1.28. The Balaban J connectivity index is -0.000000198. The van der Waals surface area contributed by atoms with E-state index < -0.39 is 17.2 Å². The first-order valence-corrected chi connectivity index (χ1v) is 30.5. The SMILES string of the molecule is C#CCNC(=O)C=C.C=CC(=O)NCc1cn(CC[N+](C)(C)CC(=O)OC(C)(C)C)nn1.C=CC(=O)NCc1cn(CC[N+](C)(C)CC(=O)[O-])nn1.CC(C)(C)OC(=O)CBr.CC(C)(C)OC(=O)C[N+](C)(C)CCN=[N+]=[N-].CN(C)CCCl.CN(C)CCN=[N+]=[N-].[N-]=[N+]=[N-].[Na+].